The Labute approximate surface area is 145 Å². The van der Waals surface area contributed by atoms with E-state index in [1.165, 1.54) is 61.0 Å². The molecule has 3 rings (SSSR count). The highest BCUT2D eigenvalue weighted by molar-refractivity contribution is 7.11. The zero-order chi connectivity index (χ0) is 16.7. The van der Waals surface area contributed by atoms with E-state index < -0.39 is 0 Å². The van der Waals surface area contributed by atoms with E-state index in [4.69, 9.17) is 4.98 Å². The Morgan fingerprint density at radius 2 is 1.87 bits per heavy atom. The van der Waals surface area contributed by atoms with E-state index in [0.717, 1.165) is 12.5 Å². The Hall–Kier alpha value is -0.450. The standard InChI is InChI=1S/C19H33N3S/c1-18(2,3)17-21-15-12-22(11-8-16(15)23-17)13-19(4,5)14-6-9-20-10-7-14/h14,20H,6-13H2,1-5H3. The van der Waals surface area contributed by atoms with Crippen LogP contribution in [0.25, 0.3) is 0 Å². The van der Waals surface area contributed by atoms with Crippen molar-refractivity contribution in [2.24, 2.45) is 11.3 Å². The minimum atomic E-state index is 0.182. The number of piperidine rings is 1. The van der Waals surface area contributed by atoms with Crippen molar-refractivity contribution < 1.29 is 0 Å². The molecule has 0 amide bonds. The molecule has 0 saturated carbocycles. The number of nitrogens with one attached hydrogen (secondary N) is 1. The summed E-state index contributed by atoms with van der Waals surface area (Å²) in [6.45, 7) is 17.6. The molecule has 3 heterocycles. The third-order valence-electron chi connectivity index (χ3n) is 5.52. The first-order valence-corrected chi connectivity index (χ1v) is 9.99. The smallest absolute Gasteiger partial charge is 0.0985 e. The van der Waals surface area contributed by atoms with Crippen LogP contribution in [-0.4, -0.2) is 36.1 Å². The van der Waals surface area contributed by atoms with Crippen LogP contribution in [0.5, 0.6) is 0 Å². The Balaban J connectivity index is 1.66. The predicted molar refractivity (Wildman–Crippen MR) is 99.2 cm³/mol. The maximum Gasteiger partial charge on any atom is 0.0985 e. The lowest BCUT2D eigenvalue weighted by Crippen LogP contribution is -2.44. The SMILES string of the molecule is CC(C)(C)c1nc2c(s1)CCN(CC(C)(C)C1CCNCC1)C2. The molecule has 1 saturated heterocycles. The predicted octanol–water partition coefficient (Wildman–Crippen LogP) is 3.82. The van der Waals surface area contributed by atoms with Crippen molar-refractivity contribution in [2.75, 3.05) is 26.2 Å². The molecule has 1 N–H and O–H groups in total. The highest BCUT2D eigenvalue weighted by Gasteiger charge is 2.34. The van der Waals surface area contributed by atoms with Gasteiger partial charge in [-0.3, -0.25) is 4.90 Å². The topological polar surface area (TPSA) is 28.2 Å². The van der Waals surface area contributed by atoms with Crippen LogP contribution in [-0.2, 0) is 18.4 Å². The molecule has 4 heteroatoms. The highest BCUT2D eigenvalue weighted by Crippen LogP contribution is 2.37. The zero-order valence-corrected chi connectivity index (χ0v) is 16.4. The largest absolute Gasteiger partial charge is 0.317 e. The molecule has 0 unspecified atom stereocenters. The van der Waals surface area contributed by atoms with Crippen LogP contribution < -0.4 is 5.32 Å². The van der Waals surface area contributed by atoms with E-state index >= 15 is 0 Å². The molecule has 1 aromatic heterocycles. The Morgan fingerprint density at radius 1 is 1.17 bits per heavy atom. The second-order valence-corrected chi connectivity index (χ2v) is 10.2. The molecule has 130 valence electrons. The van der Waals surface area contributed by atoms with Gasteiger partial charge in [-0.1, -0.05) is 34.6 Å². The van der Waals surface area contributed by atoms with Crippen LogP contribution in [0.1, 0.15) is 63.0 Å². The minimum Gasteiger partial charge on any atom is -0.317 e. The molecule has 0 aliphatic carbocycles. The Morgan fingerprint density at radius 3 is 2.52 bits per heavy atom. The van der Waals surface area contributed by atoms with Crippen molar-refractivity contribution in [3.05, 3.63) is 15.6 Å². The summed E-state index contributed by atoms with van der Waals surface area (Å²) in [5.41, 5.74) is 1.94. The van der Waals surface area contributed by atoms with Gasteiger partial charge >= 0.3 is 0 Å². The first-order chi connectivity index (χ1) is 10.8. The molecule has 0 bridgehead atoms. The van der Waals surface area contributed by atoms with Crippen molar-refractivity contribution >= 4 is 11.3 Å². The summed E-state index contributed by atoms with van der Waals surface area (Å²) in [6.07, 6.45) is 3.85. The van der Waals surface area contributed by atoms with E-state index in [-0.39, 0.29) is 5.41 Å². The summed E-state index contributed by atoms with van der Waals surface area (Å²) in [4.78, 5) is 9.16. The van der Waals surface area contributed by atoms with Crippen LogP contribution >= 0.6 is 11.3 Å². The highest BCUT2D eigenvalue weighted by atomic mass is 32.1. The summed E-state index contributed by atoms with van der Waals surface area (Å²) in [6, 6.07) is 0. The van der Waals surface area contributed by atoms with Crippen LogP contribution in [0.15, 0.2) is 0 Å². The number of hydrogen-bond donors (Lipinski definition) is 1. The van der Waals surface area contributed by atoms with Gasteiger partial charge in [0, 0.05) is 29.9 Å². The fourth-order valence-corrected chi connectivity index (χ4v) is 5.13. The second-order valence-electron chi connectivity index (χ2n) is 9.11. The average Bonchev–Trinajstić information content (AvgIpc) is 2.91. The number of hydrogen-bond acceptors (Lipinski definition) is 4. The lowest BCUT2D eigenvalue weighted by molar-refractivity contribution is 0.0893. The van der Waals surface area contributed by atoms with Crippen molar-refractivity contribution in [1.29, 1.82) is 0 Å². The molecule has 0 atom stereocenters. The lowest BCUT2D eigenvalue weighted by Gasteiger charge is -2.41. The molecule has 0 radical (unpaired) electrons. The molecule has 2 aliphatic heterocycles. The van der Waals surface area contributed by atoms with Gasteiger partial charge in [0.05, 0.1) is 10.7 Å². The number of thiazole rings is 1. The molecule has 0 spiro atoms. The summed E-state index contributed by atoms with van der Waals surface area (Å²) < 4.78 is 0. The summed E-state index contributed by atoms with van der Waals surface area (Å²) in [5, 5.41) is 4.81. The van der Waals surface area contributed by atoms with Crippen molar-refractivity contribution in [3.8, 4) is 0 Å². The van der Waals surface area contributed by atoms with E-state index in [1.807, 2.05) is 11.3 Å². The van der Waals surface area contributed by atoms with Crippen LogP contribution in [0, 0.1) is 11.3 Å². The van der Waals surface area contributed by atoms with E-state index in [2.05, 4.69) is 44.8 Å². The summed E-state index contributed by atoms with van der Waals surface area (Å²) in [5.74, 6) is 0.853. The van der Waals surface area contributed by atoms with Crippen LogP contribution in [0.4, 0.5) is 0 Å². The normalized spacial score (nSPS) is 21.4. The molecular formula is C19H33N3S. The number of aromatic nitrogens is 1. The molecule has 1 aromatic rings. The van der Waals surface area contributed by atoms with Gasteiger partial charge in [-0.05, 0) is 43.7 Å². The van der Waals surface area contributed by atoms with E-state index in [9.17, 15) is 0 Å². The Kier molecular flexibility index (Phi) is 4.88. The fraction of sp³-hybridized carbons (Fsp3) is 0.842. The quantitative estimate of drug-likeness (QED) is 0.910. The van der Waals surface area contributed by atoms with Gasteiger partial charge in [-0.15, -0.1) is 11.3 Å². The van der Waals surface area contributed by atoms with Crippen molar-refractivity contribution in [1.82, 2.24) is 15.2 Å². The van der Waals surface area contributed by atoms with Crippen molar-refractivity contribution in [3.63, 3.8) is 0 Å². The van der Waals surface area contributed by atoms with Gasteiger partial charge in [0.15, 0.2) is 0 Å². The van der Waals surface area contributed by atoms with E-state index in [0.29, 0.717) is 5.41 Å². The molecule has 2 aliphatic rings. The monoisotopic (exact) mass is 335 g/mol. The van der Waals surface area contributed by atoms with E-state index in [1.54, 1.807) is 0 Å². The molecule has 1 fully saturated rings. The maximum atomic E-state index is 4.98. The summed E-state index contributed by atoms with van der Waals surface area (Å²) >= 11 is 1.94. The number of rotatable bonds is 3. The summed E-state index contributed by atoms with van der Waals surface area (Å²) in [7, 11) is 0. The fourth-order valence-electron chi connectivity index (χ4n) is 4.02. The zero-order valence-electron chi connectivity index (χ0n) is 15.5. The van der Waals surface area contributed by atoms with Gasteiger partial charge in [-0.25, -0.2) is 4.98 Å². The van der Waals surface area contributed by atoms with Gasteiger partial charge in [0.25, 0.3) is 0 Å². The molecule has 0 aromatic carbocycles. The maximum absolute atomic E-state index is 4.98. The number of nitrogens with zero attached hydrogens (tertiary/aromatic N) is 2. The first kappa shape index (κ1) is 17.4. The van der Waals surface area contributed by atoms with Gasteiger partial charge in [-0.2, -0.15) is 0 Å². The lowest BCUT2D eigenvalue weighted by atomic mass is 9.73. The second kappa shape index (κ2) is 6.45. The third-order valence-corrected chi connectivity index (χ3v) is 7.11. The minimum absolute atomic E-state index is 0.182. The molecular weight excluding hydrogens is 302 g/mol. The Bertz CT molecular complexity index is 535. The van der Waals surface area contributed by atoms with Gasteiger partial charge < -0.3 is 5.32 Å². The third kappa shape index (κ3) is 3.97. The van der Waals surface area contributed by atoms with Crippen molar-refractivity contribution in [2.45, 2.75) is 65.8 Å². The van der Waals surface area contributed by atoms with Gasteiger partial charge in [0.1, 0.15) is 0 Å². The molecule has 23 heavy (non-hydrogen) atoms. The average molecular weight is 336 g/mol. The molecule has 3 nitrogen and oxygen atoms in total. The first-order valence-electron chi connectivity index (χ1n) is 9.18. The van der Waals surface area contributed by atoms with Crippen LogP contribution in [0.2, 0.25) is 0 Å². The van der Waals surface area contributed by atoms with Gasteiger partial charge in [0.2, 0.25) is 0 Å². The van der Waals surface area contributed by atoms with Crippen LogP contribution in [0.3, 0.4) is 0 Å². The number of fused-ring (bicyclic) bond motifs is 1.